The van der Waals surface area contributed by atoms with Crippen molar-refractivity contribution >= 4 is 5.97 Å². The van der Waals surface area contributed by atoms with Crippen LogP contribution in [0.5, 0.6) is 0 Å². The van der Waals surface area contributed by atoms with Gasteiger partial charge in [0.1, 0.15) is 6.10 Å². The molecule has 0 aromatic heterocycles. The lowest BCUT2D eigenvalue weighted by molar-refractivity contribution is 0.00236. The summed E-state index contributed by atoms with van der Waals surface area (Å²) < 4.78 is 10.9. The summed E-state index contributed by atoms with van der Waals surface area (Å²) in [6, 6.07) is 7.77. The number of hydrogen-bond acceptors (Lipinski definition) is 3. The molecule has 0 fully saturated rings. The maximum atomic E-state index is 12.4. The molecule has 0 N–H and O–H groups in total. The Kier molecular flexibility index (Phi) is 12.0. The van der Waals surface area contributed by atoms with Gasteiger partial charge in [-0.3, -0.25) is 0 Å². The highest BCUT2D eigenvalue weighted by Crippen LogP contribution is 2.14. The van der Waals surface area contributed by atoms with Gasteiger partial charge in [0.25, 0.3) is 0 Å². The van der Waals surface area contributed by atoms with Crippen LogP contribution in [0.25, 0.3) is 0 Å². The van der Waals surface area contributed by atoms with E-state index >= 15 is 0 Å². The van der Waals surface area contributed by atoms with E-state index in [1.807, 2.05) is 18.2 Å². The third kappa shape index (κ3) is 9.64. The summed E-state index contributed by atoms with van der Waals surface area (Å²) in [6.45, 7) is 4.85. The Morgan fingerprint density at radius 2 is 1.72 bits per heavy atom. The summed E-state index contributed by atoms with van der Waals surface area (Å²) in [5.74, 6) is -0.233. The highest BCUT2D eigenvalue weighted by Gasteiger charge is 2.16. The number of carbonyl (C=O) groups is 1. The molecule has 3 heteroatoms. The zero-order valence-corrected chi connectivity index (χ0v) is 16.4. The van der Waals surface area contributed by atoms with Gasteiger partial charge in [-0.15, -0.1) is 0 Å². The fourth-order valence-corrected chi connectivity index (χ4v) is 3.05. The van der Waals surface area contributed by atoms with Crippen molar-refractivity contribution in [3.8, 4) is 0 Å². The van der Waals surface area contributed by atoms with Crippen LogP contribution >= 0.6 is 0 Å². The quantitative estimate of drug-likeness (QED) is 0.308. The lowest BCUT2D eigenvalue weighted by atomic mass is 10.1. The molecule has 142 valence electrons. The second-order valence-electron chi connectivity index (χ2n) is 6.84. The fraction of sp³-hybridized carbons (Fsp3) is 0.682. The Labute approximate surface area is 154 Å². The summed E-state index contributed by atoms with van der Waals surface area (Å²) in [5, 5.41) is 0. The molecule has 1 aromatic rings. The number of ether oxygens (including phenoxy) is 2. The molecular formula is C22H36O3. The number of esters is 1. The number of unbranched alkanes of at least 4 members (excludes halogenated alkanes) is 6. The van der Waals surface area contributed by atoms with Crippen LogP contribution in [-0.2, 0) is 15.9 Å². The SMILES string of the molecule is CCCCCCCCCC(COC)OC(=O)c1cccc(CCC)c1. The molecule has 0 amide bonds. The minimum Gasteiger partial charge on any atom is -0.456 e. The molecule has 0 saturated carbocycles. The summed E-state index contributed by atoms with van der Waals surface area (Å²) in [4.78, 5) is 12.4. The van der Waals surface area contributed by atoms with Crippen LogP contribution < -0.4 is 0 Å². The van der Waals surface area contributed by atoms with Gasteiger partial charge in [-0.2, -0.15) is 0 Å². The number of benzene rings is 1. The van der Waals surface area contributed by atoms with Crippen LogP contribution in [0.3, 0.4) is 0 Å². The van der Waals surface area contributed by atoms with Crippen LogP contribution in [0.15, 0.2) is 24.3 Å². The van der Waals surface area contributed by atoms with E-state index in [0.717, 1.165) is 25.7 Å². The molecule has 1 atom stereocenters. The van der Waals surface area contributed by atoms with E-state index in [-0.39, 0.29) is 12.1 Å². The molecule has 0 heterocycles. The van der Waals surface area contributed by atoms with Gasteiger partial charge in [-0.1, -0.05) is 70.9 Å². The molecule has 1 unspecified atom stereocenters. The molecule has 0 aliphatic heterocycles. The summed E-state index contributed by atoms with van der Waals surface area (Å²) >= 11 is 0. The van der Waals surface area contributed by atoms with Crippen molar-refractivity contribution in [1.82, 2.24) is 0 Å². The largest absolute Gasteiger partial charge is 0.456 e. The summed E-state index contributed by atoms with van der Waals surface area (Å²) in [6.07, 6.45) is 11.6. The highest BCUT2D eigenvalue weighted by atomic mass is 16.6. The van der Waals surface area contributed by atoms with E-state index < -0.39 is 0 Å². The summed E-state index contributed by atoms with van der Waals surface area (Å²) in [5.41, 5.74) is 1.83. The lowest BCUT2D eigenvalue weighted by Crippen LogP contribution is -2.23. The Morgan fingerprint density at radius 3 is 2.40 bits per heavy atom. The van der Waals surface area contributed by atoms with Gasteiger partial charge in [0.2, 0.25) is 0 Å². The van der Waals surface area contributed by atoms with E-state index in [9.17, 15) is 4.79 Å². The van der Waals surface area contributed by atoms with Crippen LogP contribution in [0.1, 0.15) is 87.6 Å². The van der Waals surface area contributed by atoms with Crippen molar-refractivity contribution in [3.05, 3.63) is 35.4 Å². The standard InChI is InChI=1S/C22H36O3/c1-4-6-7-8-9-10-11-16-21(18-24-3)25-22(23)20-15-12-14-19(17-20)13-5-2/h12,14-15,17,21H,4-11,13,16,18H2,1-3H3. The van der Waals surface area contributed by atoms with Crippen molar-refractivity contribution in [3.63, 3.8) is 0 Å². The Morgan fingerprint density at radius 1 is 1.00 bits per heavy atom. The Balaban J connectivity index is 2.40. The second kappa shape index (κ2) is 13.9. The number of hydrogen-bond donors (Lipinski definition) is 0. The topological polar surface area (TPSA) is 35.5 Å². The minimum absolute atomic E-state index is 0.150. The van der Waals surface area contributed by atoms with E-state index in [1.54, 1.807) is 7.11 Å². The van der Waals surface area contributed by atoms with Crippen LogP contribution in [0.2, 0.25) is 0 Å². The van der Waals surface area contributed by atoms with Crippen molar-refractivity contribution < 1.29 is 14.3 Å². The minimum atomic E-state index is -0.233. The van der Waals surface area contributed by atoms with Gasteiger partial charge in [0.15, 0.2) is 0 Å². The first kappa shape index (κ1) is 21.7. The molecule has 0 aliphatic carbocycles. The molecule has 0 radical (unpaired) electrons. The second-order valence-corrected chi connectivity index (χ2v) is 6.84. The van der Waals surface area contributed by atoms with E-state index in [4.69, 9.17) is 9.47 Å². The third-order valence-corrected chi connectivity index (χ3v) is 4.46. The average molecular weight is 349 g/mol. The zero-order chi connectivity index (χ0) is 18.3. The first-order valence-corrected chi connectivity index (χ1v) is 10.00. The molecule has 0 spiro atoms. The van der Waals surface area contributed by atoms with Gasteiger partial charge in [-0.05, 0) is 37.0 Å². The van der Waals surface area contributed by atoms with E-state index in [2.05, 4.69) is 19.9 Å². The van der Waals surface area contributed by atoms with Crippen molar-refractivity contribution in [2.75, 3.05) is 13.7 Å². The number of rotatable bonds is 14. The van der Waals surface area contributed by atoms with Crippen LogP contribution in [0.4, 0.5) is 0 Å². The number of methoxy groups -OCH3 is 1. The first-order chi connectivity index (χ1) is 12.2. The summed E-state index contributed by atoms with van der Waals surface area (Å²) in [7, 11) is 1.66. The Hall–Kier alpha value is -1.35. The molecule has 1 aromatic carbocycles. The molecule has 3 nitrogen and oxygen atoms in total. The Bertz CT molecular complexity index is 470. The maximum Gasteiger partial charge on any atom is 0.338 e. The maximum absolute atomic E-state index is 12.4. The average Bonchev–Trinajstić information content (AvgIpc) is 2.61. The van der Waals surface area contributed by atoms with Crippen molar-refractivity contribution in [1.29, 1.82) is 0 Å². The normalized spacial score (nSPS) is 12.1. The smallest absolute Gasteiger partial charge is 0.338 e. The van der Waals surface area contributed by atoms with Gasteiger partial charge >= 0.3 is 5.97 Å². The number of carbonyl (C=O) groups excluding carboxylic acids is 1. The van der Waals surface area contributed by atoms with Crippen molar-refractivity contribution in [2.45, 2.75) is 84.2 Å². The molecule has 0 aliphatic rings. The third-order valence-electron chi connectivity index (χ3n) is 4.46. The van der Waals surface area contributed by atoms with Gasteiger partial charge in [0, 0.05) is 7.11 Å². The fourth-order valence-electron chi connectivity index (χ4n) is 3.05. The van der Waals surface area contributed by atoms with Gasteiger partial charge < -0.3 is 9.47 Å². The zero-order valence-electron chi connectivity index (χ0n) is 16.4. The van der Waals surface area contributed by atoms with Crippen LogP contribution in [0, 0.1) is 0 Å². The molecular weight excluding hydrogens is 312 g/mol. The molecule has 1 rings (SSSR count). The number of aryl methyl sites for hydroxylation is 1. The monoisotopic (exact) mass is 348 g/mol. The van der Waals surface area contributed by atoms with Gasteiger partial charge in [0.05, 0.1) is 12.2 Å². The molecule has 0 saturated heterocycles. The van der Waals surface area contributed by atoms with Crippen LogP contribution in [-0.4, -0.2) is 25.8 Å². The molecule has 0 bridgehead atoms. The predicted molar refractivity (Wildman–Crippen MR) is 104 cm³/mol. The van der Waals surface area contributed by atoms with Crippen molar-refractivity contribution in [2.24, 2.45) is 0 Å². The van der Waals surface area contributed by atoms with Gasteiger partial charge in [-0.25, -0.2) is 4.79 Å². The highest BCUT2D eigenvalue weighted by molar-refractivity contribution is 5.89. The van der Waals surface area contributed by atoms with E-state index in [1.165, 1.54) is 44.1 Å². The van der Waals surface area contributed by atoms with E-state index in [0.29, 0.717) is 12.2 Å². The predicted octanol–water partition coefficient (Wildman–Crippen LogP) is 5.95. The lowest BCUT2D eigenvalue weighted by Gasteiger charge is -2.17. The molecule has 25 heavy (non-hydrogen) atoms. The first-order valence-electron chi connectivity index (χ1n) is 10.00.